The summed E-state index contributed by atoms with van der Waals surface area (Å²) in [6, 6.07) is 10.1. The van der Waals surface area contributed by atoms with E-state index in [4.69, 9.17) is 9.47 Å². The van der Waals surface area contributed by atoms with Crippen molar-refractivity contribution in [2.75, 3.05) is 24.6 Å². The van der Waals surface area contributed by atoms with E-state index in [2.05, 4.69) is 19.6 Å². The second-order valence-electron chi connectivity index (χ2n) is 9.35. The van der Waals surface area contributed by atoms with Gasteiger partial charge in [0.1, 0.15) is 36.2 Å². The van der Waals surface area contributed by atoms with Crippen molar-refractivity contribution in [3.05, 3.63) is 64.5 Å². The highest BCUT2D eigenvalue weighted by Crippen LogP contribution is 2.28. The van der Waals surface area contributed by atoms with Crippen molar-refractivity contribution in [2.24, 2.45) is 5.92 Å². The molecule has 202 valence electrons. The summed E-state index contributed by atoms with van der Waals surface area (Å²) in [4.78, 5) is 21.0. The highest BCUT2D eigenvalue weighted by molar-refractivity contribution is 5.41. The summed E-state index contributed by atoms with van der Waals surface area (Å²) < 4.78 is 54.1. The van der Waals surface area contributed by atoms with E-state index in [0.717, 1.165) is 43.7 Å². The van der Waals surface area contributed by atoms with E-state index in [1.54, 1.807) is 22.9 Å². The summed E-state index contributed by atoms with van der Waals surface area (Å²) in [6.07, 6.45) is 1.43. The van der Waals surface area contributed by atoms with Gasteiger partial charge < -0.3 is 29.2 Å². The summed E-state index contributed by atoms with van der Waals surface area (Å²) in [6.45, 7) is 2.51. The first kappa shape index (κ1) is 25.6. The molecule has 1 aromatic carbocycles. The van der Waals surface area contributed by atoms with Gasteiger partial charge in [0.15, 0.2) is 0 Å². The molecular weight excluding hydrogens is 507 g/mol. The lowest BCUT2D eigenvalue weighted by atomic mass is 9.90. The van der Waals surface area contributed by atoms with Crippen molar-refractivity contribution < 1.29 is 32.3 Å². The van der Waals surface area contributed by atoms with E-state index in [9.17, 15) is 23.3 Å². The highest BCUT2D eigenvalue weighted by Gasteiger charge is 2.31. The number of piperidine rings is 1. The molecule has 0 spiro atoms. The van der Waals surface area contributed by atoms with Crippen LogP contribution in [0.5, 0.6) is 17.5 Å². The quantitative estimate of drug-likeness (QED) is 0.301. The number of aryl methyl sites for hydroxylation is 1. The molecule has 1 fully saturated rings. The van der Waals surface area contributed by atoms with Gasteiger partial charge in [0.25, 0.3) is 0 Å². The first-order valence-electron chi connectivity index (χ1n) is 12.3. The van der Waals surface area contributed by atoms with E-state index < -0.39 is 11.3 Å². The SMILES string of the molecule is O=[N+]([O-])c1cn2c(n1)O[C@@H](COc1ccc(N3CCC(Cc4ccc(OC(F)(F)F)cc4)CC3)nc1)CC2. The third-order valence-electron chi connectivity index (χ3n) is 6.65. The number of nitrogens with zero attached hydrogens (tertiary/aromatic N) is 5. The second kappa shape index (κ2) is 10.8. The second-order valence-corrected chi connectivity index (χ2v) is 9.35. The van der Waals surface area contributed by atoms with Crippen LogP contribution in [0.4, 0.5) is 24.8 Å². The number of fused-ring (bicyclic) bond motifs is 1. The fraction of sp³-hybridized carbons (Fsp3) is 0.440. The van der Waals surface area contributed by atoms with E-state index in [-0.39, 0.29) is 30.3 Å². The summed E-state index contributed by atoms with van der Waals surface area (Å²) in [5, 5.41) is 10.9. The van der Waals surface area contributed by atoms with Crippen LogP contribution in [-0.4, -0.2) is 51.6 Å². The maximum Gasteiger partial charge on any atom is 0.573 e. The number of pyridine rings is 1. The van der Waals surface area contributed by atoms with Crippen LogP contribution in [0.1, 0.15) is 24.8 Å². The van der Waals surface area contributed by atoms with Crippen molar-refractivity contribution in [2.45, 2.75) is 44.7 Å². The van der Waals surface area contributed by atoms with Crippen LogP contribution in [0.25, 0.3) is 0 Å². The Morgan fingerprint density at radius 1 is 1.05 bits per heavy atom. The topological polar surface area (TPSA) is 105 Å². The molecule has 0 amide bonds. The predicted molar refractivity (Wildman–Crippen MR) is 129 cm³/mol. The zero-order chi connectivity index (χ0) is 26.7. The zero-order valence-electron chi connectivity index (χ0n) is 20.3. The van der Waals surface area contributed by atoms with Gasteiger partial charge in [-0.25, -0.2) is 4.98 Å². The Morgan fingerprint density at radius 2 is 1.79 bits per heavy atom. The first-order chi connectivity index (χ1) is 18.2. The lowest BCUT2D eigenvalue weighted by molar-refractivity contribution is -0.389. The van der Waals surface area contributed by atoms with Crippen molar-refractivity contribution >= 4 is 11.6 Å². The minimum Gasteiger partial charge on any atom is -0.488 e. The fourth-order valence-corrected chi connectivity index (χ4v) is 4.70. The van der Waals surface area contributed by atoms with Gasteiger partial charge in [-0.3, -0.25) is 4.57 Å². The van der Waals surface area contributed by atoms with Gasteiger partial charge in [-0.2, -0.15) is 0 Å². The van der Waals surface area contributed by atoms with Gasteiger partial charge in [-0.1, -0.05) is 12.1 Å². The number of aromatic nitrogens is 3. The number of anilines is 1. The Hall–Kier alpha value is -4.03. The molecule has 0 saturated carbocycles. The molecule has 4 heterocycles. The summed E-state index contributed by atoms with van der Waals surface area (Å²) in [5.74, 6) is 1.45. The Kier molecular flexibility index (Phi) is 7.25. The first-order valence-corrected chi connectivity index (χ1v) is 12.3. The molecule has 0 radical (unpaired) electrons. The molecule has 0 unspecified atom stereocenters. The molecule has 10 nitrogen and oxygen atoms in total. The van der Waals surface area contributed by atoms with Crippen LogP contribution < -0.4 is 19.1 Å². The van der Waals surface area contributed by atoms with E-state index in [1.807, 2.05) is 12.1 Å². The third-order valence-corrected chi connectivity index (χ3v) is 6.65. The van der Waals surface area contributed by atoms with Crippen molar-refractivity contribution in [3.8, 4) is 17.5 Å². The Labute approximate surface area is 216 Å². The maximum absolute atomic E-state index is 12.3. The van der Waals surface area contributed by atoms with E-state index in [1.165, 1.54) is 18.3 Å². The molecule has 38 heavy (non-hydrogen) atoms. The largest absolute Gasteiger partial charge is 0.573 e. The molecule has 2 aromatic heterocycles. The number of benzene rings is 1. The van der Waals surface area contributed by atoms with Crippen molar-refractivity contribution in [3.63, 3.8) is 0 Å². The monoisotopic (exact) mass is 533 g/mol. The normalized spacial score (nSPS) is 18.0. The molecule has 0 N–H and O–H groups in total. The van der Waals surface area contributed by atoms with Crippen molar-refractivity contribution in [1.82, 2.24) is 14.5 Å². The van der Waals surface area contributed by atoms with Gasteiger partial charge >= 0.3 is 18.2 Å². The van der Waals surface area contributed by atoms with E-state index >= 15 is 0 Å². The lowest BCUT2D eigenvalue weighted by Gasteiger charge is -2.33. The molecule has 1 atom stereocenters. The number of rotatable bonds is 8. The Balaban J connectivity index is 1.06. The van der Waals surface area contributed by atoms with Crippen LogP contribution in [0.2, 0.25) is 0 Å². The molecule has 13 heteroatoms. The van der Waals surface area contributed by atoms with Gasteiger partial charge in [0.2, 0.25) is 0 Å². The summed E-state index contributed by atoms with van der Waals surface area (Å²) >= 11 is 0. The number of ether oxygens (including phenoxy) is 3. The van der Waals surface area contributed by atoms with Crippen LogP contribution >= 0.6 is 0 Å². The number of nitro groups is 1. The Morgan fingerprint density at radius 3 is 2.45 bits per heavy atom. The fourth-order valence-electron chi connectivity index (χ4n) is 4.70. The number of halogens is 3. The van der Waals surface area contributed by atoms with Crippen LogP contribution in [0, 0.1) is 16.0 Å². The molecule has 2 aliphatic rings. The predicted octanol–water partition coefficient (Wildman–Crippen LogP) is 4.77. The standard InChI is InChI=1S/C25H26F3N5O5/c26-25(27,28)38-19-3-1-17(2-4-19)13-18-7-10-31(11-8-18)22-6-5-20(14-29-22)36-16-21-9-12-32-15-23(33(34)35)30-24(32)37-21/h1-6,14-15,18,21H,7-13,16H2/t21-/m1/s1. The average molecular weight is 534 g/mol. The minimum absolute atomic E-state index is 0.209. The zero-order valence-corrected chi connectivity index (χ0v) is 20.3. The maximum atomic E-state index is 12.3. The van der Waals surface area contributed by atoms with E-state index in [0.29, 0.717) is 24.6 Å². The van der Waals surface area contributed by atoms with Crippen molar-refractivity contribution in [1.29, 1.82) is 0 Å². The number of hydrogen-bond acceptors (Lipinski definition) is 8. The molecule has 5 rings (SSSR count). The van der Waals surface area contributed by atoms with Gasteiger partial charge in [0.05, 0.1) is 6.20 Å². The highest BCUT2D eigenvalue weighted by atomic mass is 19.4. The molecule has 3 aromatic rings. The summed E-state index contributed by atoms with van der Waals surface area (Å²) in [7, 11) is 0. The summed E-state index contributed by atoms with van der Waals surface area (Å²) in [5.41, 5.74) is 0.988. The van der Waals surface area contributed by atoms with Crippen LogP contribution in [0.15, 0.2) is 48.8 Å². The minimum atomic E-state index is -4.69. The van der Waals surface area contributed by atoms with Crippen LogP contribution in [-0.2, 0) is 13.0 Å². The smallest absolute Gasteiger partial charge is 0.488 e. The molecule has 0 bridgehead atoms. The average Bonchev–Trinajstić information content (AvgIpc) is 3.33. The number of hydrogen-bond donors (Lipinski definition) is 0. The van der Waals surface area contributed by atoms with Gasteiger partial charge in [-0.15, -0.1) is 13.2 Å². The molecular formula is C25H26F3N5O5. The number of imidazole rings is 1. The van der Waals surface area contributed by atoms with Gasteiger partial charge in [0, 0.05) is 31.0 Å². The molecule has 1 saturated heterocycles. The van der Waals surface area contributed by atoms with Crippen LogP contribution in [0.3, 0.4) is 0 Å². The third kappa shape index (κ3) is 6.45. The van der Waals surface area contributed by atoms with Gasteiger partial charge in [-0.05, 0) is 59.9 Å². The Bertz CT molecular complexity index is 1240. The molecule has 2 aliphatic heterocycles. The number of alkyl halides is 3. The lowest BCUT2D eigenvalue weighted by Crippen LogP contribution is -2.34. The molecule has 0 aliphatic carbocycles.